The molecule has 11 heteroatoms. The molecule has 0 unspecified atom stereocenters. The highest BCUT2D eigenvalue weighted by Crippen LogP contribution is 2.46. The van der Waals surface area contributed by atoms with Crippen molar-refractivity contribution in [3.8, 4) is 22.4 Å². The number of rotatable bonds is 7. The Hall–Kier alpha value is -4.48. The van der Waals surface area contributed by atoms with Crippen LogP contribution < -0.4 is 4.90 Å². The van der Waals surface area contributed by atoms with Crippen LogP contribution in [0.25, 0.3) is 33.3 Å². The number of nitrogens with zero attached hydrogens (tertiary/aromatic N) is 3. The van der Waals surface area contributed by atoms with Crippen LogP contribution in [0.5, 0.6) is 0 Å². The quantitative estimate of drug-likeness (QED) is 0.104. The summed E-state index contributed by atoms with van der Waals surface area (Å²) in [5, 5.41) is 14.7. The summed E-state index contributed by atoms with van der Waals surface area (Å²) in [6.45, 7) is 2.82. The third kappa shape index (κ3) is 4.64. The molecule has 1 saturated heterocycles. The maximum absolute atomic E-state index is 14.8. The molecule has 0 radical (unpaired) electrons. The number of carbonyl (C=O) groups is 1. The third-order valence-electron chi connectivity index (χ3n) is 7.49. The Bertz CT molecular complexity index is 1960. The molecule has 0 spiro atoms. The van der Waals surface area contributed by atoms with Crippen molar-refractivity contribution in [2.45, 2.75) is 11.8 Å². The van der Waals surface area contributed by atoms with E-state index in [9.17, 15) is 22.8 Å². The third-order valence-corrected chi connectivity index (χ3v) is 10.1. The second-order valence-electron chi connectivity index (χ2n) is 10.1. The molecule has 3 aromatic carbocycles. The van der Waals surface area contributed by atoms with Gasteiger partial charge in [-0.05, 0) is 60.8 Å². The number of aryl methyl sites for hydroxylation is 1. The van der Waals surface area contributed by atoms with Crippen LogP contribution >= 0.6 is 11.3 Å². The molecule has 1 aliphatic rings. The summed E-state index contributed by atoms with van der Waals surface area (Å²) in [6.07, 6.45) is 1.28. The van der Waals surface area contributed by atoms with Crippen molar-refractivity contribution in [3.05, 3.63) is 94.4 Å². The van der Waals surface area contributed by atoms with E-state index in [-0.39, 0.29) is 16.8 Å². The van der Waals surface area contributed by atoms with E-state index in [1.165, 1.54) is 46.8 Å². The van der Waals surface area contributed by atoms with Gasteiger partial charge in [-0.1, -0.05) is 35.0 Å². The summed E-state index contributed by atoms with van der Waals surface area (Å²) in [4.78, 5) is 14.7. The molecule has 2 aromatic heterocycles. The fourth-order valence-corrected chi connectivity index (χ4v) is 7.67. The largest absolute Gasteiger partial charge is 0.469 e. The van der Waals surface area contributed by atoms with Crippen molar-refractivity contribution in [2.75, 3.05) is 25.1 Å². The standard InChI is InChI=1S/C31H26FN3O5S2/c1-19-6-9-24(10-7-19)42(38,39)35-27-11-8-22(32)15-26(27)29(25-12-13-41-28(25)16-33-37)30(35)20-4-3-5-23(14-20)34-17-21(18-34)31(36)40-2/h3-16,21,37H,17-18H2,1-2H3/b33-16+. The molecule has 1 fully saturated rings. The molecule has 0 bridgehead atoms. The second kappa shape index (κ2) is 10.7. The Morgan fingerprint density at radius 3 is 2.57 bits per heavy atom. The van der Waals surface area contributed by atoms with Crippen molar-refractivity contribution < 1.29 is 27.5 Å². The number of hydrogen-bond donors (Lipinski definition) is 1. The maximum Gasteiger partial charge on any atom is 0.312 e. The van der Waals surface area contributed by atoms with Gasteiger partial charge < -0.3 is 14.8 Å². The molecule has 0 aliphatic carbocycles. The van der Waals surface area contributed by atoms with Gasteiger partial charge in [0, 0.05) is 40.9 Å². The Morgan fingerprint density at radius 1 is 1.10 bits per heavy atom. The topological polar surface area (TPSA) is 101 Å². The van der Waals surface area contributed by atoms with E-state index >= 15 is 0 Å². The van der Waals surface area contributed by atoms with Crippen LogP contribution in [0.3, 0.4) is 0 Å². The lowest BCUT2D eigenvalue weighted by molar-refractivity contribution is -0.146. The number of halogens is 1. The zero-order chi connectivity index (χ0) is 29.6. The van der Waals surface area contributed by atoms with Gasteiger partial charge in [0.05, 0.1) is 40.2 Å². The zero-order valence-corrected chi connectivity index (χ0v) is 24.3. The summed E-state index contributed by atoms with van der Waals surface area (Å²) in [5.74, 6) is -1.03. The van der Waals surface area contributed by atoms with E-state index in [2.05, 4.69) is 5.16 Å². The zero-order valence-electron chi connectivity index (χ0n) is 22.7. The minimum Gasteiger partial charge on any atom is -0.469 e. The minimum atomic E-state index is -4.18. The van der Waals surface area contributed by atoms with Gasteiger partial charge in [-0.25, -0.2) is 16.8 Å². The highest BCUT2D eigenvalue weighted by molar-refractivity contribution is 7.90. The number of benzene rings is 3. The molecule has 0 atom stereocenters. The normalized spacial score (nSPS) is 14.0. The van der Waals surface area contributed by atoms with Crippen LogP contribution in [0.1, 0.15) is 10.4 Å². The van der Waals surface area contributed by atoms with Gasteiger partial charge in [-0.3, -0.25) is 4.79 Å². The average molecular weight is 604 g/mol. The van der Waals surface area contributed by atoms with E-state index < -0.39 is 15.8 Å². The summed E-state index contributed by atoms with van der Waals surface area (Å²) in [6, 6.07) is 19.8. The smallest absolute Gasteiger partial charge is 0.312 e. The van der Waals surface area contributed by atoms with Crippen molar-refractivity contribution >= 4 is 50.1 Å². The van der Waals surface area contributed by atoms with Gasteiger partial charge in [0.25, 0.3) is 10.0 Å². The number of carbonyl (C=O) groups excluding carboxylic acids is 1. The number of thiophene rings is 1. The van der Waals surface area contributed by atoms with Gasteiger partial charge in [0.1, 0.15) is 5.82 Å². The molecule has 5 aromatic rings. The number of anilines is 1. The van der Waals surface area contributed by atoms with Gasteiger partial charge in [0.15, 0.2) is 0 Å². The summed E-state index contributed by atoms with van der Waals surface area (Å²) in [7, 11) is -2.81. The van der Waals surface area contributed by atoms with Crippen molar-refractivity contribution in [3.63, 3.8) is 0 Å². The molecule has 6 rings (SSSR count). The molecule has 1 N–H and O–H groups in total. The number of hydrogen-bond acceptors (Lipinski definition) is 8. The maximum atomic E-state index is 14.8. The molecular formula is C31H26FN3O5S2. The lowest BCUT2D eigenvalue weighted by atomic mass is 9.96. The van der Waals surface area contributed by atoms with E-state index in [0.29, 0.717) is 51.3 Å². The van der Waals surface area contributed by atoms with Crippen LogP contribution in [0.2, 0.25) is 0 Å². The molecule has 0 saturated carbocycles. The van der Waals surface area contributed by atoms with Gasteiger partial charge in [-0.15, -0.1) is 11.3 Å². The Balaban J connectivity index is 1.65. The van der Waals surface area contributed by atoms with E-state index in [1.807, 2.05) is 36.1 Å². The van der Waals surface area contributed by atoms with E-state index in [1.54, 1.807) is 35.7 Å². The van der Waals surface area contributed by atoms with E-state index in [0.717, 1.165) is 11.3 Å². The van der Waals surface area contributed by atoms with Crippen LogP contribution in [0.15, 0.2) is 88.2 Å². The van der Waals surface area contributed by atoms with Gasteiger partial charge in [-0.2, -0.15) is 0 Å². The van der Waals surface area contributed by atoms with Crippen LogP contribution in [0.4, 0.5) is 10.1 Å². The number of ether oxygens (including phenoxy) is 1. The molecule has 8 nitrogen and oxygen atoms in total. The first-order chi connectivity index (χ1) is 20.2. The molecular weight excluding hydrogens is 577 g/mol. The predicted molar refractivity (Wildman–Crippen MR) is 162 cm³/mol. The first-order valence-corrected chi connectivity index (χ1v) is 15.4. The molecule has 3 heterocycles. The van der Waals surface area contributed by atoms with E-state index in [4.69, 9.17) is 4.74 Å². The van der Waals surface area contributed by atoms with Gasteiger partial charge in [0.2, 0.25) is 0 Å². The number of fused-ring (bicyclic) bond motifs is 1. The fourth-order valence-electron chi connectivity index (χ4n) is 5.37. The van der Waals surface area contributed by atoms with Crippen LogP contribution in [-0.4, -0.2) is 50.0 Å². The number of aromatic nitrogens is 1. The van der Waals surface area contributed by atoms with Crippen molar-refractivity contribution in [2.24, 2.45) is 11.1 Å². The van der Waals surface area contributed by atoms with Crippen molar-refractivity contribution in [1.82, 2.24) is 3.97 Å². The monoisotopic (exact) mass is 603 g/mol. The predicted octanol–water partition coefficient (Wildman–Crippen LogP) is 6.14. The molecule has 42 heavy (non-hydrogen) atoms. The highest BCUT2D eigenvalue weighted by atomic mass is 32.2. The second-order valence-corrected chi connectivity index (χ2v) is 12.8. The lowest BCUT2D eigenvalue weighted by Crippen LogP contribution is -2.50. The fraction of sp³-hybridized carbons (Fsp3) is 0.161. The Labute approximate surface area is 245 Å². The Morgan fingerprint density at radius 2 is 1.86 bits per heavy atom. The molecule has 1 aliphatic heterocycles. The van der Waals surface area contributed by atoms with Crippen LogP contribution in [-0.2, 0) is 19.6 Å². The first kappa shape index (κ1) is 27.7. The number of methoxy groups -OCH3 is 1. The summed E-state index contributed by atoms with van der Waals surface area (Å²) >= 11 is 1.31. The summed E-state index contributed by atoms with van der Waals surface area (Å²) in [5.41, 5.74) is 4.03. The summed E-state index contributed by atoms with van der Waals surface area (Å²) < 4.78 is 49.8. The highest BCUT2D eigenvalue weighted by Gasteiger charge is 2.35. The number of esters is 1. The average Bonchev–Trinajstić information content (AvgIpc) is 3.54. The Kier molecular flexibility index (Phi) is 7.07. The molecule has 0 amide bonds. The van der Waals surface area contributed by atoms with Crippen LogP contribution in [0, 0.1) is 18.7 Å². The van der Waals surface area contributed by atoms with Gasteiger partial charge >= 0.3 is 5.97 Å². The first-order valence-electron chi connectivity index (χ1n) is 13.1. The minimum absolute atomic E-state index is 0.0874. The molecule has 214 valence electrons. The number of oxime groups is 1. The lowest BCUT2D eigenvalue weighted by Gasteiger charge is -2.39. The van der Waals surface area contributed by atoms with Crippen molar-refractivity contribution in [1.29, 1.82) is 0 Å². The SMILES string of the molecule is COC(=O)C1CN(c2cccc(-c3c(-c4ccsc4/C=N/O)c4cc(F)ccc4n3S(=O)(=O)c3ccc(C)cc3)c2)C1.